The van der Waals surface area contributed by atoms with Crippen molar-refractivity contribution in [1.29, 1.82) is 0 Å². The number of hydrogen-bond donors (Lipinski definition) is 1. The van der Waals surface area contributed by atoms with Crippen molar-refractivity contribution in [2.45, 2.75) is 32.4 Å². The van der Waals surface area contributed by atoms with Gasteiger partial charge in [0.1, 0.15) is 5.82 Å². The maximum absolute atomic E-state index is 15.8. The molecule has 0 bridgehead atoms. The smallest absolute Gasteiger partial charge is 0.264 e. The Balaban J connectivity index is 1.56. The molecule has 1 N–H and O–H groups in total. The first-order valence-corrected chi connectivity index (χ1v) is 14.2. The summed E-state index contributed by atoms with van der Waals surface area (Å²) in [5.74, 6) is -1.30. The second-order valence-electron chi connectivity index (χ2n) is 10.6. The number of nitrogens with zero attached hydrogens (tertiary/aromatic N) is 5. The van der Waals surface area contributed by atoms with Crippen LogP contribution in [0.3, 0.4) is 0 Å². The third kappa shape index (κ3) is 5.97. The predicted octanol–water partition coefficient (Wildman–Crippen LogP) is 4.20. The number of carbonyl (C=O) groups is 1. The largest absolute Gasteiger partial charge is 0.378 e. The van der Waals surface area contributed by atoms with Crippen LogP contribution in [0.15, 0.2) is 35.4 Å². The van der Waals surface area contributed by atoms with Crippen molar-refractivity contribution >= 4 is 33.8 Å². The first-order valence-electron chi connectivity index (χ1n) is 13.4. The Kier molecular flexibility index (Phi) is 8.39. The van der Waals surface area contributed by atoms with Crippen LogP contribution >= 0.6 is 11.3 Å². The fourth-order valence-electron chi connectivity index (χ4n) is 5.21. The number of rotatable bonds is 6. The molecular weight excluding hydrogens is 557 g/mol. The molecule has 3 aromatic rings. The maximum Gasteiger partial charge on any atom is 0.264 e. The van der Waals surface area contributed by atoms with Gasteiger partial charge in [-0.05, 0) is 33.0 Å². The summed E-state index contributed by atoms with van der Waals surface area (Å²) in [5.41, 5.74) is -0.659. The van der Waals surface area contributed by atoms with Gasteiger partial charge in [-0.25, -0.2) is 18.2 Å². The van der Waals surface area contributed by atoms with Crippen LogP contribution in [0, 0.1) is 5.82 Å². The summed E-state index contributed by atoms with van der Waals surface area (Å²) < 4.78 is 49.9. The Morgan fingerprint density at radius 3 is 2.44 bits per heavy atom. The molecular formula is C28H33F3N6O3S. The number of nitrogens with one attached hydrogen (secondary N) is 1. The minimum atomic E-state index is -3.02. The number of aryl methyl sites for hydroxylation is 1. The summed E-state index contributed by atoms with van der Waals surface area (Å²) in [5, 5.41) is 3.50. The van der Waals surface area contributed by atoms with E-state index in [0.717, 1.165) is 22.0 Å². The summed E-state index contributed by atoms with van der Waals surface area (Å²) in [4.78, 5) is 36.8. The minimum absolute atomic E-state index is 0.150. The van der Waals surface area contributed by atoms with Gasteiger partial charge in [-0.1, -0.05) is 11.3 Å². The van der Waals surface area contributed by atoms with Crippen LogP contribution in [0.25, 0.3) is 10.4 Å². The molecule has 2 aliphatic heterocycles. The molecule has 0 radical (unpaired) electrons. The molecule has 9 nitrogen and oxygen atoms in total. The van der Waals surface area contributed by atoms with Crippen LogP contribution < -0.4 is 20.7 Å². The van der Waals surface area contributed by atoms with Gasteiger partial charge in [-0.2, -0.15) is 0 Å². The van der Waals surface area contributed by atoms with Crippen molar-refractivity contribution in [1.82, 2.24) is 14.5 Å². The van der Waals surface area contributed by atoms with Crippen molar-refractivity contribution in [2.75, 3.05) is 61.6 Å². The number of alkyl halides is 2. The highest BCUT2D eigenvalue weighted by molar-refractivity contribution is 7.18. The fourth-order valence-corrected chi connectivity index (χ4v) is 6.19. The molecule has 0 spiro atoms. The van der Waals surface area contributed by atoms with Crippen molar-refractivity contribution in [3.05, 3.63) is 57.9 Å². The Hall–Kier alpha value is -3.42. The number of morpholine rings is 1. The summed E-state index contributed by atoms with van der Waals surface area (Å²) >= 11 is 1.33. The fraction of sp³-hybridized carbons (Fsp3) is 0.464. The lowest BCUT2D eigenvalue weighted by molar-refractivity contribution is 0.101. The number of likely N-dealkylation sites (N-methyl/N-ethyl adjacent to an activating group) is 1. The number of pyridine rings is 1. The number of piperazine rings is 1. The van der Waals surface area contributed by atoms with Gasteiger partial charge in [0.15, 0.2) is 5.13 Å². The van der Waals surface area contributed by atoms with Gasteiger partial charge in [-0.3, -0.25) is 14.5 Å². The molecule has 2 saturated heterocycles. The average Bonchev–Trinajstić information content (AvgIpc) is 3.44. The Labute approximate surface area is 240 Å². The summed E-state index contributed by atoms with van der Waals surface area (Å²) in [6.07, 6.45) is -0.328. The quantitative estimate of drug-likeness (QED) is 0.461. The molecule has 0 saturated carbocycles. The van der Waals surface area contributed by atoms with Crippen LogP contribution in [0.4, 0.5) is 29.7 Å². The molecule has 2 fully saturated rings. The molecule has 1 amide bonds. The van der Waals surface area contributed by atoms with Gasteiger partial charge in [-0.15, -0.1) is 0 Å². The number of anilines is 3. The third-order valence-corrected chi connectivity index (χ3v) is 8.91. The number of amides is 1. The summed E-state index contributed by atoms with van der Waals surface area (Å²) in [6.45, 7) is 7.82. The van der Waals surface area contributed by atoms with Gasteiger partial charge in [0.25, 0.3) is 17.9 Å². The van der Waals surface area contributed by atoms with E-state index in [4.69, 9.17) is 4.74 Å². The van der Waals surface area contributed by atoms with E-state index < -0.39 is 29.3 Å². The molecule has 5 rings (SSSR count). The SMILES string of the molecule is CC1CN(c2cc(F)c(-c3cnc(N4CCOCC4)s3)cc2NC(=O)c2cn(C)c(=O)cc2C(F)F)CC(C)N1C. The number of halogens is 3. The normalized spacial score (nSPS) is 20.1. The van der Waals surface area contributed by atoms with Crippen LogP contribution in [0.1, 0.15) is 36.2 Å². The Morgan fingerprint density at radius 2 is 1.78 bits per heavy atom. The topological polar surface area (TPSA) is 82.9 Å². The van der Waals surface area contributed by atoms with Gasteiger partial charge in [0.2, 0.25) is 0 Å². The van der Waals surface area contributed by atoms with Crippen LogP contribution in [-0.4, -0.2) is 78.9 Å². The first-order chi connectivity index (χ1) is 19.5. The zero-order valence-electron chi connectivity index (χ0n) is 23.4. The zero-order chi connectivity index (χ0) is 29.4. The highest BCUT2D eigenvalue weighted by Crippen LogP contribution is 2.39. The van der Waals surface area contributed by atoms with Crippen molar-refractivity contribution in [2.24, 2.45) is 7.05 Å². The lowest BCUT2D eigenvalue weighted by Crippen LogP contribution is -2.55. The highest BCUT2D eigenvalue weighted by atomic mass is 32.1. The lowest BCUT2D eigenvalue weighted by Gasteiger charge is -2.44. The standard InChI is InChI=1S/C28H33F3N6O3S/c1-16-13-37(14-17(2)35(16)4)23-11-21(29)19(24-12-32-28(41-24)36-5-7-40-8-6-36)9-22(23)33-27(39)20-15-34(3)25(38)10-18(20)26(30)31/h9-12,15-17,26H,5-8,13-14H2,1-4H3,(H,33,39). The molecule has 1 aromatic carbocycles. The second-order valence-corrected chi connectivity index (χ2v) is 11.6. The average molecular weight is 591 g/mol. The van der Waals surface area contributed by atoms with E-state index >= 15 is 4.39 Å². The van der Waals surface area contributed by atoms with Crippen molar-refractivity contribution in [3.63, 3.8) is 0 Å². The molecule has 41 heavy (non-hydrogen) atoms. The summed E-state index contributed by atoms with van der Waals surface area (Å²) in [7, 11) is 3.42. The number of thiazole rings is 1. The number of carbonyl (C=O) groups excluding carboxylic acids is 1. The molecule has 13 heteroatoms. The Bertz CT molecular complexity index is 1480. The predicted molar refractivity (Wildman–Crippen MR) is 154 cm³/mol. The van der Waals surface area contributed by atoms with Crippen LogP contribution in [0.5, 0.6) is 0 Å². The van der Waals surface area contributed by atoms with Crippen LogP contribution in [-0.2, 0) is 11.8 Å². The summed E-state index contributed by atoms with van der Waals surface area (Å²) in [6, 6.07) is 3.99. The molecule has 2 aliphatic rings. The van der Waals surface area contributed by atoms with Gasteiger partial charge in [0, 0.05) is 74.9 Å². The molecule has 4 heterocycles. The molecule has 2 unspecified atom stereocenters. The second kappa shape index (κ2) is 11.8. The zero-order valence-corrected chi connectivity index (χ0v) is 24.2. The third-order valence-electron chi connectivity index (χ3n) is 7.81. The molecule has 220 valence electrons. The number of aromatic nitrogens is 2. The molecule has 2 aromatic heterocycles. The first kappa shape index (κ1) is 29.1. The number of benzene rings is 1. The van der Waals surface area contributed by atoms with Gasteiger partial charge in [0.05, 0.1) is 35.0 Å². The van der Waals surface area contributed by atoms with Gasteiger partial charge >= 0.3 is 0 Å². The van der Waals surface area contributed by atoms with E-state index in [1.165, 1.54) is 30.5 Å². The van der Waals surface area contributed by atoms with E-state index in [0.29, 0.717) is 50.0 Å². The van der Waals surface area contributed by atoms with Crippen LogP contribution in [0.2, 0.25) is 0 Å². The van der Waals surface area contributed by atoms with E-state index in [9.17, 15) is 18.4 Å². The number of hydrogen-bond acceptors (Lipinski definition) is 8. The van der Waals surface area contributed by atoms with E-state index in [1.807, 2.05) is 11.9 Å². The lowest BCUT2D eigenvalue weighted by atomic mass is 10.0. The van der Waals surface area contributed by atoms with E-state index in [1.54, 1.807) is 6.20 Å². The van der Waals surface area contributed by atoms with Gasteiger partial charge < -0.3 is 24.4 Å². The van der Waals surface area contributed by atoms with Crippen molar-refractivity contribution in [3.8, 4) is 10.4 Å². The minimum Gasteiger partial charge on any atom is -0.378 e. The van der Waals surface area contributed by atoms with E-state index in [-0.39, 0.29) is 28.9 Å². The Morgan fingerprint density at radius 1 is 1.10 bits per heavy atom. The monoisotopic (exact) mass is 590 g/mol. The highest BCUT2D eigenvalue weighted by Gasteiger charge is 2.30. The number of ether oxygens (including phenoxy) is 1. The molecule has 0 aliphatic carbocycles. The van der Waals surface area contributed by atoms with Crippen molar-refractivity contribution < 1.29 is 22.7 Å². The van der Waals surface area contributed by atoms with E-state index in [2.05, 4.69) is 33.9 Å². The maximum atomic E-state index is 15.8. The molecule has 2 atom stereocenters.